The SMILES string of the molecule is Fc1cccc(CNc2nc(Br)nc3c2CNCC3)c1. The quantitative estimate of drug-likeness (QED) is 0.846. The highest BCUT2D eigenvalue weighted by molar-refractivity contribution is 9.10. The fraction of sp³-hybridized carbons (Fsp3) is 0.286. The predicted molar refractivity (Wildman–Crippen MR) is 78.9 cm³/mol. The van der Waals surface area contributed by atoms with Crippen LogP contribution in [0.2, 0.25) is 0 Å². The van der Waals surface area contributed by atoms with Crippen LogP contribution in [0.15, 0.2) is 29.0 Å². The lowest BCUT2D eigenvalue weighted by molar-refractivity contribution is 0.623. The van der Waals surface area contributed by atoms with E-state index < -0.39 is 0 Å². The van der Waals surface area contributed by atoms with Gasteiger partial charge < -0.3 is 10.6 Å². The molecule has 0 bridgehead atoms. The van der Waals surface area contributed by atoms with E-state index in [2.05, 4.69) is 36.5 Å². The normalized spacial score (nSPS) is 13.9. The first-order valence-corrected chi connectivity index (χ1v) is 7.26. The van der Waals surface area contributed by atoms with Crippen LogP contribution in [0, 0.1) is 5.82 Å². The maximum absolute atomic E-state index is 13.2. The smallest absolute Gasteiger partial charge is 0.198 e. The van der Waals surface area contributed by atoms with Gasteiger partial charge >= 0.3 is 0 Å². The molecule has 1 aromatic carbocycles. The van der Waals surface area contributed by atoms with Crippen molar-refractivity contribution >= 4 is 21.7 Å². The first-order chi connectivity index (χ1) is 9.72. The van der Waals surface area contributed by atoms with E-state index in [0.29, 0.717) is 11.3 Å². The van der Waals surface area contributed by atoms with Crippen molar-refractivity contribution in [1.29, 1.82) is 0 Å². The zero-order valence-electron chi connectivity index (χ0n) is 10.8. The van der Waals surface area contributed by atoms with E-state index in [1.165, 1.54) is 12.1 Å². The Morgan fingerprint density at radius 1 is 1.35 bits per heavy atom. The van der Waals surface area contributed by atoms with E-state index in [0.717, 1.165) is 42.1 Å². The first kappa shape index (κ1) is 13.5. The molecule has 0 aliphatic carbocycles. The summed E-state index contributed by atoms with van der Waals surface area (Å²) in [5.41, 5.74) is 3.04. The first-order valence-electron chi connectivity index (χ1n) is 6.47. The Bertz CT molecular complexity index is 633. The Balaban J connectivity index is 1.82. The van der Waals surface area contributed by atoms with E-state index in [4.69, 9.17) is 0 Å². The fourth-order valence-electron chi connectivity index (χ4n) is 2.29. The van der Waals surface area contributed by atoms with Crippen molar-refractivity contribution in [1.82, 2.24) is 15.3 Å². The van der Waals surface area contributed by atoms with Gasteiger partial charge in [-0.2, -0.15) is 0 Å². The Hall–Kier alpha value is -1.53. The van der Waals surface area contributed by atoms with Crippen LogP contribution in [0.3, 0.4) is 0 Å². The maximum Gasteiger partial charge on any atom is 0.198 e. The number of hydrogen-bond acceptors (Lipinski definition) is 4. The molecule has 0 spiro atoms. The number of fused-ring (bicyclic) bond motifs is 1. The number of nitrogens with zero attached hydrogens (tertiary/aromatic N) is 2. The minimum absolute atomic E-state index is 0.225. The molecule has 6 heteroatoms. The molecule has 0 atom stereocenters. The maximum atomic E-state index is 13.2. The molecule has 0 saturated carbocycles. The Labute approximate surface area is 125 Å². The molecule has 2 heterocycles. The van der Waals surface area contributed by atoms with Crippen molar-refractivity contribution in [3.63, 3.8) is 0 Å². The molecular weight excluding hydrogens is 323 g/mol. The summed E-state index contributed by atoms with van der Waals surface area (Å²) in [4.78, 5) is 8.79. The van der Waals surface area contributed by atoms with Crippen LogP contribution < -0.4 is 10.6 Å². The number of benzene rings is 1. The molecule has 0 unspecified atom stereocenters. The van der Waals surface area contributed by atoms with Crippen molar-refractivity contribution in [3.05, 3.63) is 51.6 Å². The second-order valence-electron chi connectivity index (χ2n) is 4.68. The second-order valence-corrected chi connectivity index (χ2v) is 5.39. The molecule has 0 saturated heterocycles. The highest BCUT2D eigenvalue weighted by Crippen LogP contribution is 2.22. The minimum Gasteiger partial charge on any atom is -0.366 e. The van der Waals surface area contributed by atoms with Crippen LogP contribution in [0.1, 0.15) is 16.8 Å². The lowest BCUT2D eigenvalue weighted by Crippen LogP contribution is -2.26. The third-order valence-corrected chi connectivity index (χ3v) is 3.61. The number of aromatic nitrogens is 2. The van der Waals surface area contributed by atoms with Crippen molar-refractivity contribution in [3.8, 4) is 0 Å². The third kappa shape index (κ3) is 2.96. The van der Waals surface area contributed by atoms with Crippen LogP contribution in [-0.4, -0.2) is 16.5 Å². The topological polar surface area (TPSA) is 49.8 Å². The average molecular weight is 337 g/mol. The van der Waals surface area contributed by atoms with Crippen LogP contribution in [0.4, 0.5) is 10.2 Å². The average Bonchev–Trinajstić information content (AvgIpc) is 2.44. The zero-order valence-corrected chi connectivity index (χ0v) is 12.4. The van der Waals surface area contributed by atoms with Gasteiger partial charge in [0.05, 0.1) is 5.69 Å². The van der Waals surface area contributed by atoms with Crippen molar-refractivity contribution in [2.24, 2.45) is 0 Å². The van der Waals surface area contributed by atoms with E-state index in [-0.39, 0.29) is 5.82 Å². The minimum atomic E-state index is -0.225. The van der Waals surface area contributed by atoms with E-state index in [1.54, 1.807) is 6.07 Å². The molecule has 1 aliphatic heterocycles. The third-order valence-electron chi connectivity index (χ3n) is 3.25. The summed E-state index contributed by atoms with van der Waals surface area (Å²) in [6.07, 6.45) is 0.894. The van der Waals surface area contributed by atoms with Crippen molar-refractivity contribution < 1.29 is 4.39 Å². The van der Waals surface area contributed by atoms with Crippen molar-refractivity contribution in [2.75, 3.05) is 11.9 Å². The summed E-state index contributed by atoms with van der Waals surface area (Å²) >= 11 is 3.34. The summed E-state index contributed by atoms with van der Waals surface area (Å²) in [6, 6.07) is 6.56. The Kier molecular flexibility index (Phi) is 3.93. The summed E-state index contributed by atoms with van der Waals surface area (Å²) in [7, 11) is 0. The fourth-order valence-corrected chi connectivity index (χ4v) is 2.68. The molecule has 4 nitrogen and oxygen atoms in total. The predicted octanol–water partition coefficient (Wildman–Crippen LogP) is 2.64. The molecule has 20 heavy (non-hydrogen) atoms. The van der Waals surface area contributed by atoms with Gasteiger partial charge in [-0.1, -0.05) is 12.1 Å². The zero-order chi connectivity index (χ0) is 13.9. The van der Waals surface area contributed by atoms with E-state index >= 15 is 0 Å². The molecule has 0 fully saturated rings. The van der Waals surface area contributed by atoms with Crippen LogP contribution in [-0.2, 0) is 19.5 Å². The lowest BCUT2D eigenvalue weighted by Gasteiger charge is -2.19. The second kappa shape index (κ2) is 5.85. The summed E-state index contributed by atoms with van der Waals surface area (Å²) in [5.74, 6) is 0.579. The van der Waals surface area contributed by atoms with Crippen LogP contribution in [0.5, 0.6) is 0 Å². The molecule has 0 amide bonds. The summed E-state index contributed by atoms with van der Waals surface area (Å²) in [6.45, 7) is 2.22. The molecule has 1 aromatic heterocycles. The van der Waals surface area contributed by atoms with E-state index in [9.17, 15) is 4.39 Å². The monoisotopic (exact) mass is 336 g/mol. The molecule has 0 radical (unpaired) electrons. The Morgan fingerprint density at radius 2 is 2.25 bits per heavy atom. The van der Waals surface area contributed by atoms with Crippen LogP contribution >= 0.6 is 15.9 Å². The molecule has 3 rings (SSSR count). The van der Waals surface area contributed by atoms with Gasteiger partial charge in [0.1, 0.15) is 11.6 Å². The number of hydrogen-bond donors (Lipinski definition) is 2. The van der Waals surface area contributed by atoms with Gasteiger partial charge in [-0.3, -0.25) is 0 Å². The van der Waals surface area contributed by atoms with Crippen LogP contribution in [0.25, 0.3) is 0 Å². The largest absolute Gasteiger partial charge is 0.366 e. The lowest BCUT2D eigenvalue weighted by atomic mass is 10.1. The molecular formula is C14H14BrFN4. The highest BCUT2D eigenvalue weighted by Gasteiger charge is 2.16. The molecule has 104 valence electrons. The Morgan fingerprint density at radius 3 is 3.10 bits per heavy atom. The van der Waals surface area contributed by atoms with Gasteiger partial charge in [-0.05, 0) is 33.6 Å². The summed E-state index contributed by atoms with van der Waals surface area (Å²) < 4.78 is 13.7. The van der Waals surface area contributed by atoms with Gasteiger partial charge in [0.15, 0.2) is 4.73 Å². The van der Waals surface area contributed by atoms with Gasteiger partial charge in [-0.25, -0.2) is 14.4 Å². The van der Waals surface area contributed by atoms with E-state index in [1.807, 2.05) is 6.07 Å². The molecule has 2 N–H and O–H groups in total. The number of nitrogens with one attached hydrogen (secondary N) is 2. The number of anilines is 1. The molecule has 2 aromatic rings. The number of halogens is 2. The van der Waals surface area contributed by atoms with Gasteiger partial charge in [0.2, 0.25) is 0 Å². The van der Waals surface area contributed by atoms with Gasteiger partial charge in [0, 0.05) is 31.6 Å². The van der Waals surface area contributed by atoms with Gasteiger partial charge in [0.25, 0.3) is 0 Å². The van der Waals surface area contributed by atoms with Crippen molar-refractivity contribution in [2.45, 2.75) is 19.5 Å². The highest BCUT2D eigenvalue weighted by atomic mass is 79.9. The molecule has 1 aliphatic rings. The summed E-state index contributed by atoms with van der Waals surface area (Å²) in [5, 5.41) is 6.58. The van der Waals surface area contributed by atoms with Gasteiger partial charge in [-0.15, -0.1) is 0 Å². The number of rotatable bonds is 3. The standard InChI is InChI=1S/C14H14BrFN4/c15-14-19-12-4-5-17-8-11(12)13(20-14)18-7-9-2-1-3-10(16)6-9/h1-3,6,17H,4-5,7-8H2,(H,18,19,20).